The smallest absolute Gasteiger partial charge is 0.142 e. The third kappa shape index (κ3) is 4.06. The van der Waals surface area contributed by atoms with Crippen LogP contribution in [-0.4, -0.2) is 19.3 Å². The van der Waals surface area contributed by atoms with E-state index in [2.05, 4.69) is 5.32 Å². The number of benzene rings is 1. The van der Waals surface area contributed by atoms with Gasteiger partial charge in [-0.2, -0.15) is 0 Å². The molecule has 0 radical (unpaired) electrons. The van der Waals surface area contributed by atoms with Crippen LogP contribution in [0.2, 0.25) is 10.0 Å². The molecule has 0 bridgehead atoms. The lowest BCUT2D eigenvalue weighted by Gasteiger charge is -2.25. The molecular weight excluding hydrogens is 288 g/mol. The molecule has 1 heterocycles. The van der Waals surface area contributed by atoms with Gasteiger partial charge in [0.1, 0.15) is 5.82 Å². The molecule has 0 aliphatic carbocycles. The van der Waals surface area contributed by atoms with Crippen molar-refractivity contribution in [2.75, 3.05) is 13.2 Å². The van der Waals surface area contributed by atoms with Crippen LogP contribution in [0, 0.1) is 5.82 Å². The first-order valence-corrected chi connectivity index (χ1v) is 7.33. The maximum Gasteiger partial charge on any atom is 0.142 e. The highest BCUT2D eigenvalue weighted by molar-refractivity contribution is 6.35. The molecule has 2 nitrogen and oxygen atoms in total. The van der Waals surface area contributed by atoms with Crippen LogP contribution in [0.3, 0.4) is 0 Å². The zero-order chi connectivity index (χ0) is 13.8. The Balaban J connectivity index is 1.95. The van der Waals surface area contributed by atoms with E-state index in [9.17, 15) is 4.39 Å². The SMILES string of the molecule is CC(NCC1CCCCO1)c1cc(F)c(Cl)cc1Cl. The topological polar surface area (TPSA) is 21.3 Å². The quantitative estimate of drug-likeness (QED) is 0.835. The van der Waals surface area contributed by atoms with Gasteiger partial charge in [-0.25, -0.2) is 4.39 Å². The van der Waals surface area contributed by atoms with E-state index in [0.717, 1.165) is 31.6 Å². The molecule has 1 aromatic rings. The van der Waals surface area contributed by atoms with Gasteiger partial charge in [0.15, 0.2) is 0 Å². The van der Waals surface area contributed by atoms with E-state index in [-0.39, 0.29) is 17.2 Å². The van der Waals surface area contributed by atoms with Gasteiger partial charge in [0.2, 0.25) is 0 Å². The standard InChI is InChI=1S/C14H18Cl2FNO/c1-9(18-8-10-4-2-3-5-19-10)11-6-14(17)13(16)7-12(11)15/h6-7,9-10,18H,2-5,8H2,1H3. The van der Waals surface area contributed by atoms with Crippen molar-refractivity contribution in [3.8, 4) is 0 Å². The normalized spacial score (nSPS) is 21.4. The first-order valence-electron chi connectivity index (χ1n) is 6.57. The Labute approximate surface area is 123 Å². The summed E-state index contributed by atoms with van der Waals surface area (Å²) < 4.78 is 19.1. The monoisotopic (exact) mass is 305 g/mol. The third-order valence-corrected chi connectivity index (χ3v) is 4.05. The molecule has 106 valence electrons. The molecule has 1 saturated heterocycles. The van der Waals surface area contributed by atoms with Crippen molar-refractivity contribution in [3.63, 3.8) is 0 Å². The summed E-state index contributed by atoms with van der Waals surface area (Å²) in [4.78, 5) is 0. The average molecular weight is 306 g/mol. The van der Waals surface area contributed by atoms with Crippen molar-refractivity contribution < 1.29 is 9.13 Å². The molecule has 0 aromatic heterocycles. The summed E-state index contributed by atoms with van der Waals surface area (Å²) >= 11 is 11.8. The largest absolute Gasteiger partial charge is 0.377 e. The molecule has 19 heavy (non-hydrogen) atoms. The molecule has 0 amide bonds. The number of rotatable bonds is 4. The second-order valence-corrected chi connectivity index (χ2v) is 5.72. The van der Waals surface area contributed by atoms with Crippen molar-refractivity contribution in [1.29, 1.82) is 0 Å². The van der Waals surface area contributed by atoms with Gasteiger partial charge in [-0.15, -0.1) is 0 Å². The van der Waals surface area contributed by atoms with Gasteiger partial charge in [-0.05, 0) is 43.9 Å². The van der Waals surface area contributed by atoms with Crippen LogP contribution in [0.1, 0.15) is 37.8 Å². The summed E-state index contributed by atoms with van der Waals surface area (Å²) in [6.07, 6.45) is 3.66. The number of hydrogen-bond donors (Lipinski definition) is 1. The van der Waals surface area contributed by atoms with Crippen LogP contribution in [-0.2, 0) is 4.74 Å². The van der Waals surface area contributed by atoms with Crippen molar-refractivity contribution in [3.05, 3.63) is 33.6 Å². The number of nitrogens with one attached hydrogen (secondary N) is 1. The van der Waals surface area contributed by atoms with Crippen LogP contribution in [0.15, 0.2) is 12.1 Å². The Hall–Kier alpha value is -0.350. The zero-order valence-electron chi connectivity index (χ0n) is 10.9. The Kier molecular flexibility index (Phi) is 5.46. The molecule has 1 fully saturated rings. The van der Waals surface area contributed by atoms with Gasteiger partial charge in [0.25, 0.3) is 0 Å². The fourth-order valence-corrected chi connectivity index (χ4v) is 2.80. The molecule has 1 N–H and O–H groups in total. The fourth-order valence-electron chi connectivity index (χ4n) is 2.26. The predicted molar refractivity (Wildman–Crippen MR) is 76.4 cm³/mol. The van der Waals surface area contributed by atoms with E-state index in [1.165, 1.54) is 18.6 Å². The lowest BCUT2D eigenvalue weighted by molar-refractivity contribution is 0.0156. The van der Waals surface area contributed by atoms with E-state index in [0.29, 0.717) is 5.02 Å². The van der Waals surface area contributed by atoms with Crippen LogP contribution in [0.5, 0.6) is 0 Å². The zero-order valence-corrected chi connectivity index (χ0v) is 12.4. The van der Waals surface area contributed by atoms with Crippen LogP contribution in [0.25, 0.3) is 0 Å². The van der Waals surface area contributed by atoms with Crippen molar-refractivity contribution >= 4 is 23.2 Å². The molecule has 0 spiro atoms. The molecule has 1 aliphatic heterocycles. The maximum absolute atomic E-state index is 13.5. The van der Waals surface area contributed by atoms with Gasteiger partial charge in [0.05, 0.1) is 11.1 Å². The van der Waals surface area contributed by atoms with E-state index in [1.54, 1.807) is 0 Å². The van der Waals surface area contributed by atoms with Crippen LogP contribution in [0.4, 0.5) is 4.39 Å². The van der Waals surface area contributed by atoms with Crippen LogP contribution < -0.4 is 5.32 Å². The summed E-state index contributed by atoms with van der Waals surface area (Å²) in [5, 5.41) is 3.87. The van der Waals surface area contributed by atoms with Crippen molar-refractivity contribution in [2.45, 2.75) is 38.3 Å². The van der Waals surface area contributed by atoms with Crippen LogP contribution >= 0.6 is 23.2 Å². The molecule has 2 unspecified atom stereocenters. The van der Waals surface area contributed by atoms with Crippen molar-refractivity contribution in [1.82, 2.24) is 5.32 Å². The minimum absolute atomic E-state index is 0.0372. The van der Waals surface area contributed by atoms with Gasteiger partial charge >= 0.3 is 0 Å². The highest BCUT2D eigenvalue weighted by Crippen LogP contribution is 2.28. The molecule has 2 atom stereocenters. The van der Waals surface area contributed by atoms with E-state index in [4.69, 9.17) is 27.9 Å². The summed E-state index contributed by atoms with van der Waals surface area (Å²) in [7, 11) is 0. The van der Waals surface area contributed by atoms with Gasteiger partial charge in [-0.1, -0.05) is 23.2 Å². The first kappa shape index (κ1) is 15.0. The highest BCUT2D eigenvalue weighted by atomic mass is 35.5. The second-order valence-electron chi connectivity index (χ2n) is 4.91. The summed E-state index contributed by atoms with van der Waals surface area (Å²) in [5.41, 5.74) is 0.722. The van der Waals surface area contributed by atoms with Gasteiger partial charge < -0.3 is 10.1 Å². The summed E-state index contributed by atoms with van der Waals surface area (Å²) in [5.74, 6) is -0.441. The average Bonchev–Trinajstić information content (AvgIpc) is 2.41. The lowest BCUT2D eigenvalue weighted by atomic mass is 10.1. The highest BCUT2D eigenvalue weighted by Gasteiger charge is 2.17. The minimum Gasteiger partial charge on any atom is -0.377 e. The molecule has 0 saturated carbocycles. The van der Waals surface area contributed by atoms with Gasteiger partial charge in [0, 0.05) is 24.2 Å². The predicted octanol–water partition coefficient (Wildman–Crippen LogP) is 4.35. The van der Waals surface area contributed by atoms with E-state index >= 15 is 0 Å². The van der Waals surface area contributed by atoms with E-state index < -0.39 is 5.82 Å². The minimum atomic E-state index is -0.441. The van der Waals surface area contributed by atoms with Crippen molar-refractivity contribution in [2.24, 2.45) is 0 Å². The molecule has 1 aliphatic rings. The molecule has 1 aromatic carbocycles. The Morgan fingerprint density at radius 2 is 2.16 bits per heavy atom. The molecule has 5 heteroatoms. The third-order valence-electron chi connectivity index (χ3n) is 3.43. The second kappa shape index (κ2) is 6.89. The molecular formula is C14H18Cl2FNO. The van der Waals surface area contributed by atoms with E-state index in [1.807, 2.05) is 6.92 Å². The number of hydrogen-bond acceptors (Lipinski definition) is 2. The Morgan fingerprint density at radius 3 is 2.84 bits per heavy atom. The first-order chi connectivity index (χ1) is 9.08. The fraction of sp³-hybridized carbons (Fsp3) is 0.571. The van der Waals surface area contributed by atoms with Gasteiger partial charge in [-0.3, -0.25) is 0 Å². The number of ether oxygens (including phenoxy) is 1. The Bertz CT molecular complexity index is 436. The molecule has 2 rings (SSSR count). The summed E-state index contributed by atoms with van der Waals surface area (Å²) in [6, 6.07) is 2.80. The maximum atomic E-state index is 13.5. The lowest BCUT2D eigenvalue weighted by Crippen LogP contribution is -2.33. The number of halogens is 3. The summed E-state index contributed by atoms with van der Waals surface area (Å²) in [6.45, 7) is 3.54. The Morgan fingerprint density at radius 1 is 1.37 bits per heavy atom.